The van der Waals surface area contributed by atoms with Crippen LogP contribution in [0.15, 0.2) is 61.9 Å². The van der Waals surface area contributed by atoms with Crippen molar-refractivity contribution in [3.63, 3.8) is 0 Å². The highest BCUT2D eigenvalue weighted by Gasteiger charge is 2.33. The molecular formula is C26H21BrClN3O4S. The summed E-state index contributed by atoms with van der Waals surface area (Å²) in [5.41, 5.74) is 3.08. The van der Waals surface area contributed by atoms with Crippen molar-refractivity contribution in [3.8, 4) is 11.8 Å². The van der Waals surface area contributed by atoms with Crippen LogP contribution in [0.25, 0.3) is 6.08 Å². The Balaban J connectivity index is 1.89. The maximum absolute atomic E-state index is 13.7. The van der Waals surface area contributed by atoms with E-state index in [2.05, 4.69) is 20.9 Å². The molecule has 2 heterocycles. The first kappa shape index (κ1) is 25.9. The second-order valence-corrected chi connectivity index (χ2v) is 10.2. The Morgan fingerprint density at radius 3 is 2.67 bits per heavy atom. The van der Waals surface area contributed by atoms with E-state index < -0.39 is 12.0 Å². The van der Waals surface area contributed by atoms with Crippen LogP contribution in [0, 0.1) is 18.3 Å². The number of fused-ring (bicyclic) bond motifs is 1. The fraction of sp³-hybridized carbons (Fsp3) is 0.231. The highest BCUT2D eigenvalue weighted by atomic mass is 79.9. The largest absolute Gasteiger partial charge is 0.476 e. The second-order valence-electron chi connectivity index (χ2n) is 7.97. The lowest BCUT2D eigenvalue weighted by molar-refractivity contribution is -0.139. The summed E-state index contributed by atoms with van der Waals surface area (Å²) in [4.78, 5) is 31.7. The minimum atomic E-state index is -0.667. The van der Waals surface area contributed by atoms with Crippen molar-refractivity contribution in [2.24, 2.45) is 4.99 Å². The fourth-order valence-corrected chi connectivity index (χ4v) is 5.95. The normalized spacial score (nSPS) is 15.2. The van der Waals surface area contributed by atoms with E-state index in [1.807, 2.05) is 37.3 Å². The van der Waals surface area contributed by atoms with Gasteiger partial charge in [-0.15, -0.1) is 0 Å². The third kappa shape index (κ3) is 5.03. The van der Waals surface area contributed by atoms with Crippen molar-refractivity contribution >= 4 is 50.9 Å². The number of aryl methyl sites for hydroxylation is 1. The van der Waals surface area contributed by atoms with Crippen LogP contribution in [0.3, 0.4) is 0 Å². The Bertz CT molecular complexity index is 1580. The average molecular weight is 587 g/mol. The lowest BCUT2D eigenvalue weighted by atomic mass is 9.95. The first-order chi connectivity index (χ1) is 17.2. The molecule has 0 amide bonds. The Morgan fingerprint density at radius 2 is 2.03 bits per heavy atom. The van der Waals surface area contributed by atoms with Gasteiger partial charge in [0, 0.05) is 0 Å². The molecule has 0 saturated carbocycles. The molecule has 2 aromatic carbocycles. The zero-order valence-electron chi connectivity index (χ0n) is 19.7. The molecule has 184 valence electrons. The van der Waals surface area contributed by atoms with Gasteiger partial charge in [0.2, 0.25) is 0 Å². The number of ether oxygens (including phenoxy) is 2. The number of nitrogens with zero attached hydrogens (tertiary/aromatic N) is 3. The number of hydrogen-bond acceptors (Lipinski definition) is 7. The Labute approximate surface area is 224 Å². The zero-order chi connectivity index (χ0) is 26.0. The van der Waals surface area contributed by atoms with Crippen LogP contribution in [0.4, 0.5) is 0 Å². The van der Waals surface area contributed by atoms with Crippen molar-refractivity contribution in [3.05, 3.63) is 93.5 Å². The molecule has 0 spiro atoms. The van der Waals surface area contributed by atoms with E-state index in [4.69, 9.17) is 26.3 Å². The number of carbonyl (C=O) groups is 1. The third-order valence-corrected chi connectivity index (χ3v) is 7.36. The molecule has 0 aliphatic carbocycles. The summed E-state index contributed by atoms with van der Waals surface area (Å²) in [6, 6.07) is 12.4. The van der Waals surface area contributed by atoms with Gasteiger partial charge >= 0.3 is 5.97 Å². The van der Waals surface area contributed by atoms with Crippen LogP contribution in [-0.2, 0) is 9.53 Å². The maximum Gasteiger partial charge on any atom is 0.338 e. The molecule has 36 heavy (non-hydrogen) atoms. The van der Waals surface area contributed by atoms with Crippen molar-refractivity contribution in [2.45, 2.75) is 26.8 Å². The molecule has 1 aliphatic rings. The first-order valence-electron chi connectivity index (χ1n) is 11.0. The molecule has 0 saturated heterocycles. The number of rotatable bonds is 6. The molecule has 1 aliphatic heterocycles. The molecule has 10 heteroatoms. The summed E-state index contributed by atoms with van der Waals surface area (Å²) in [5.74, 6) is -0.145. The molecule has 4 rings (SSSR count). The summed E-state index contributed by atoms with van der Waals surface area (Å²) in [7, 11) is 0. The highest BCUT2D eigenvalue weighted by Crippen LogP contribution is 2.35. The molecule has 7 nitrogen and oxygen atoms in total. The summed E-state index contributed by atoms with van der Waals surface area (Å²) in [5, 5.41) is 9.07. The minimum absolute atomic E-state index is 0.141. The van der Waals surface area contributed by atoms with Crippen LogP contribution in [0.1, 0.15) is 36.6 Å². The highest BCUT2D eigenvalue weighted by molar-refractivity contribution is 9.10. The molecule has 0 N–H and O–H groups in total. The molecule has 1 atom stereocenters. The molecular weight excluding hydrogens is 566 g/mol. The van der Waals surface area contributed by atoms with Crippen molar-refractivity contribution in [1.82, 2.24) is 4.57 Å². The van der Waals surface area contributed by atoms with Crippen LogP contribution >= 0.6 is 38.9 Å². The fourth-order valence-electron chi connectivity index (χ4n) is 3.91. The predicted molar refractivity (Wildman–Crippen MR) is 142 cm³/mol. The van der Waals surface area contributed by atoms with E-state index in [1.54, 1.807) is 36.6 Å². The molecule has 0 unspecified atom stereocenters. The lowest BCUT2D eigenvalue weighted by Gasteiger charge is -2.24. The summed E-state index contributed by atoms with van der Waals surface area (Å²) >= 11 is 11.0. The van der Waals surface area contributed by atoms with Gasteiger partial charge in [-0.3, -0.25) is 9.36 Å². The smallest absolute Gasteiger partial charge is 0.338 e. The lowest BCUT2D eigenvalue weighted by Crippen LogP contribution is -2.39. The van der Waals surface area contributed by atoms with Gasteiger partial charge in [-0.2, -0.15) is 5.26 Å². The van der Waals surface area contributed by atoms with Crippen molar-refractivity contribution in [2.75, 3.05) is 13.2 Å². The first-order valence-corrected chi connectivity index (χ1v) is 13.0. The summed E-state index contributed by atoms with van der Waals surface area (Å²) in [6.45, 7) is 5.54. The van der Waals surface area contributed by atoms with E-state index in [9.17, 15) is 9.59 Å². The average Bonchev–Trinajstić information content (AvgIpc) is 3.12. The molecule has 0 radical (unpaired) electrons. The predicted octanol–water partition coefficient (Wildman–Crippen LogP) is 4.43. The summed E-state index contributed by atoms with van der Waals surface area (Å²) < 4.78 is 13.2. The van der Waals surface area contributed by atoms with Crippen LogP contribution < -0.4 is 19.6 Å². The number of aromatic nitrogens is 1. The quantitative estimate of drug-likeness (QED) is 0.399. The van der Waals surface area contributed by atoms with Crippen molar-refractivity contribution < 1.29 is 14.3 Å². The number of nitriles is 1. The topological polar surface area (TPSA) is 93.7 Å². The van der Waals surface area contributed by atoms with Crippen LogP contribution in [0.2, 0.25) is 5.02 Å². The Hall–Kier alpha value is -3.19. The van der Waals surface area contributed by atoms with Gasteiger partial charge in [0.15, 0.2) is 17.2 Å². The van der Waals surface area contributed by atoms with E-state index in [0.717, 1.165) is 11.1 Å². The van der Waals surface area contributed by atoms with Gasteiger partial charge in [-0.05, 0) is 66.0 Å². The third-order valence-electron chi connectivity index (χ3n) is 5.51. The molecule has 0 fully saturated rings. The molecule has 1 aromatic heterocycles. The number of esters is 1. The van der Waals surface area contributed by atoms with Crippen LogP contribution in [0.5, 0.6) is 5.75 Å². The minimum Gasteiger partial charge on any atom is -0.476 e. The zero-order valence-corrected chi connectivity index (χ0v) is 22.8. The van der Waals surface area contributed by atoms with E-state index >= 15 is 0 Å². The van der Waals surface area contributed by atoms with Gasteiger partial charge in [-0.1, -0.05) is 52.8 Å². The van der Waals surface area contributed by atoms with Gasteiger partial charge in [-0.25, -0.2) is 9.79 Å². The number of thiazole rings is 1. The monoisotopic (exact) mass is 585 g/mol. The Morgan fingerprint density at radius 1 is 1.31 bits per heavy atom. The molecule has 3 aromatic rings. The Kier molecular flexibility index (Phi) is 7.79. The number of benzene rings is 2. The maximum atomic E-state index is 13.7. The SMILES string of the molecule is CCOC(=O)C1=C(C)N=c2s/c(=C/c3cc(Cl)c(OCC#N)c(Br)c3)c(=O)n2[C@@H]1c1ccc(C)cc1. The second kappa shape index (κ2) is 10.8. The number of hydrogen-bond donors (Lipinski definition) is 0. The van der Waals surface area contributed by atoms with Crippen molar-refractivity contribution in [1.29, 1.82) is 5.26 Å². The molecule has 0 bridgehead atoms. The number of allylic oxidation sites excluding steroid dienone is 1. The number of halogens is 2. The van der Waals surface area contributed by atoms with Gasteiger partial charge in [0.25, 0.3) is 5.56 Å². The van der Waals surface area contributed by atoms with E-state index in [0.29, 0.717) is 41.4 Å². The van der Waals surface area contributed by atoms with Gasteiger partial charge < -0.3 is 9.47 Å². The van der Waals surface area contributed by atoms with Gasteiger partial charge in [0.1, 0.15) is 6.07 Å². The summed E-state index contributed by atoms with van der Waals surface area (Å²) in [6.07, 6.45) is 1.71. The van der Waals surface area contributed by atoms with Crippen LogP contribution in [-0.4, -0.2) is 23.8 Å². The number of carbonyl (C=O) groups excluding carboxylic acids is 1. The van der Waals surface area contributed by atoms with Gasteiger partial charge in [0.05, 0.1) is 37.9 Å². The van der Waals surface area contributed by atoms with E-state index in [1.165, 1.54) is 11.3 Å². The standard InChI is InChI=1S/C26H21BrClN3O4S/c1-4-34-25(33)21-15(3)30-26-31(22(21)17-7-5-14(2)6-8-17)24(32)20(36-26)13-16-11-18(27)23(19(28)12-16)35-10-9-29/h5-8,11-13,22H,4,10H2,1-3H3/b20-13+/t22-/m1/s1. The van der Waals surface area contributed by atoms with E-state index in [-0.39, 0.29) is 18.8 Å².